The summed E-state index contributed by atoms with van der Waals surface area (Å²) in [6.45, 7) is 3.50. The zero-order chi connectivity index (χ0) is 22.0. The normalized spacial score (nSPS) is 11.5. The Morgan fingerprint density at radius 1 is 1.30 bits per heavy atom. The van der Waals surface area contributed by atoms with Crippen molar-refractivity contribution >= 4 is 84.2 Å². The van der Waals surface area contributed by atoms with Gasteiger partial charge in [0.05, 0.1) is 24.3 Å². The number of fused-ring (bicyclic) bond motifs is 1. The third-order valence-corrected chi connectivity index (χ3v) is 6.13. The van der Waals surface area contributed by atoms with Crippen molar-refractivity contribution in [3.8, 4) is 5.75 Å². The van der Waals surface area contributed by atoms with Gasteiger partial charge in [-0.25, -0.2) is 9.78 Å². The minimum atomic E-state index is -1.04. The molecule has 30 heavy (non-hydrogen) atoms. The van der Waals surface area contributed by atoms with Crippen molar-refractivity contribution in [3.05, 3.63) is 63.7 Å². The van der Waals surface area contributed by atoms with Crippen LogP contribution in [0, 0.1) is 7.14 Å². The van der Waals surface area contributed by atoms with Gasteiger partial charge < -0.3 is 9.84 Å². The van der Waals surface area contributed by atoms with Crippen molar-refractivity contribution < 1.29 is 14.6 Å². The van der Waals surface area contributed by atoms with Crippen molar-refractivity contribution in [2.45, 2.75) is 19.8 Å². The fraction of sp³-hybridized carbons (Fsp3) is 0.200. The lowest BCUT2D eigenvalue weighted by molar-refractivity contribution is -0.139. The van der Waals surface area contributed by atoms with Gasteiger partial charge in [-0.1, -0.05) is 29.8 Å². The second kappa shape index (κ2) is 9.73. The van der Waals surface area contributed by atoms with Crippen molar-refractivity contribution in [2.24, 2.45) is 5.10 Å². The zero-order valence-electron chi connectivity index (χ0n) is 15.9. The van der Waals surface area contributed by atoms with Crippen LogP contribution in [0.1, 0.15) is 31.2 Å². The smallest absolute Gasteiger partial charge is 0.341 e. The molecule has 1 N–H and O–H groups in total. The Bertz CT molecular complexity index is 1200. The molecule has 1 aromatic heterocycles. The lowest BCUT2D eigenvalue weighted by atomic mass is 10.2. The Morgan fingerprint density at radius 2 is 1.97 bits per heavy atom. The number of carbonyl (C=O) groups is 1. The predicted octanol–water partition coefficient (Wildman–Crippen LogP) is 4.84. The van der Waals surface area contributed by atoms with Gasteiger partial charge in [-0.3, -0.25) is 4.79 Å². The molecule has 0 unspecified atom stereocenters. The minimum absolute atomic E-state index is 0.00466. The van der Waals surface area contributed by atoms with Gasteiger partial charge in [-0.2, -0.15) is 9.78 Å². The third-order valence-electron chi connectivity index (χ3n) is 4.03. The second-order valence-electron chi connectivity index (χ2n) is 6.64. The van der Waals surface area contributed by atoms with E-state index in [9.17, 15) is 9.59 Å². The Balaban J connectivity index is 2.05. The van der Waals surface area contributed by atoms with Crippen LogP contribution < -0.4 is 10.3 Å². The number of halogens is 3. The largest absolute Gasteiger partial charge is 0.480 e. The van der Waals surface area contributed by atoms with Crippen LogP contribution in [0.2, 0.25) is 0 Å². The number of aromatic nitrogens is 2. The zero-order valence-corrected chi connectivity index (χ0v) is 21.8. The highest BCUT2D eigenvalue weighted by Gasteiger charge is 2.14. The lowest BCUT2D eigenvalue weighted by Crippen LogP contribution is -2.23. The highest BCUT2D eigenvalue weighted by atomic mass is 127. The van der Waals surface area contributed by atoms with Gasteiger partial charge in [0.15, 0.2) is 6.61 Å². The predicted molar refractivity (Wildman–Crippen MR) is 136 cm³/mol. The van der Waals surface area contributed by atoms with Gasteiger partial charge in [0.2, 0.25) is 0 Å². The van der Waals surface area contributed by atoms with E-state index in [1.165, 1.54) is 4.68 Å². The monoisotopic (exact) mass is 695 g/mol. The van der Waals surface area contributed by atoms with E-state index < -0.39 is 12.6 Å². The molecule has 3 aromatic rings. The van der Waals surface area contributed by atoms with E-state index in [2.05, 4.69) is 71.2 Å². The Morgan fingerprint density at radius 3 is 2.57 bits per heavy atom. The first-order valence-electron chi connectivity index (χ1n) is 8.77. The maximum atomic E-state index is 13.1. The summed E-state index contributed by atoms with van der Waals surface area (Å²) >= 11 is 7.56. The number of carboxylic acids is 1. The summed E-state index contributed by atoms with van der Waals surface area (Å²) in [5.74, 6) is 0.0307. The van der Waals surface area contributed by atoms with Gasteiger partial charge in [-0.05, 0) is 81.1 Å². The maximum Gasteiger partial charge on any atom is 0.341 e. The number of aliphatic carboxylic acids is 1. The van der Waals surface area contributed by atoms with Crippen LogP contribution in [-0.2, 0) is 4.79 Å². The summed E-state index contributed by atoms with van der Waals surface area (Å²) in [5, 5.41) is 13.7. The molecule has 7 nitrogen and oxygen atoms in total. The van der Waals surface area contributed by atoms with Crippen molar-refractivity contribution in [2.75, 3.05) is 6.61 Å². The lowest BCUT2D eigenvalue weighted by Gasteiger charge is -2.12. The Labute approximate surface area is 207 Å². The Hall–Kier alpha value is -1.54. The molecule has 0 aliphatic heterocycles. The van der Waals surface area contributed by atoms with E-state index in [0.29, 0.717) is 22.5 Å². The van der Waals surface area contributed by atoms with E-state index in [1.54, 1.807) is 18.3 Å². The molecule has 0 amide bonds. The van der Waals surface area contributed by atoms with E-state index in [-0.39, 0.29) is 11.5 Å². The molecule has 0 saturated carbocycles. The number of rotatable bonds is 6. The maximum absolute atomic E-state index is 13.1. The highest BCUT2D eigenvalue weighted by molar-refractivity contribution is 14.1. The molecule has 0 spiro atoms. The van der Waals surface area contributed by atoms with Crippen LogP contribution in [0.25, 0.3) is 10.9 Å². The van der Waals surface area contributed by atoms with Gasteiger partial charge in [0.25, 0.3) is 5.56 Å². The molecule has 2 aromatic carbocycles. The molecular weight excluding hydrogens is 680 g/mol. The first kappa shape index (κ1) is 23.1. The molecular formula is C20H16BrI2N3O4. The molecule has 0 radical (unpaired) electrons. The molecule has 0 aliphatic rings. The van der Waals surface area contributed by atoms with Gasteiger partial charge in [0, 0.05) is 10.4 Å². The number of hydrogen-bond acceptors (Lipinski definition) is 5. The summed E-state index contributed by atoms with van der Waals surface area (Å²) in [6.07, 6.45) is 1.59. The summed E-state index contributed by atoms with van der Waals surface area (Å²) in [6, 6.07) is 9.02. The molecule has 0 bridgehead atoms. The SMILES string of the molecule is CC(C)c1nc2ccc(Br)cc2c(=O)n1N=Cc1cc(I)c(OCC(=O)O)c(I)c1. The third kappa shape index (κ3) is 5.19. The van der Waals surface area contributed by atoms with Crippen LogP contribution in [0.15, 0.2) is 44.7 Å². The molecule has 0 aliphatic carbocycles. The van der Waals surface area contributed by atoms with Crippen LogP contribution in [-0.4, -0.2) is 33.6 Å². The van der Waals surface area contributed by atoms with Crippen molar-refractivity contribution in [3.63, 3.8) is 0 Å². The number of carboxylic acid groups (broad SMARTS) is 1. The highest BCUT2D eigenvalue weighted by Crippen LogP contribution is 2.28. The van der Waals surface area contributed by atoms with Crippen LogP contribution >= 0.6 is 61.1 Å². The summed E-state index contributed by atoms with van der Waals surface area (Å²) < 4.78 is 8.97. The van der Waals surface area contributed by atoms with Crippen molar-refractivity contribution in [1.29, 1.82) is 0 Å². The summed E-state index contributed by atoms with van der Waals surface area (Å²) in [7, 11) is 0. The van der Waals surface area contributed by atoms with Crippen LogP contribution in [0.5, 0.6) is 5.75 Å². The topological polar surface area (TPSA) is 93.8 Å². The first-order valence-corrected chi connectivity index (χ1v) is 11.7. The standard InChI is InChI=1S/C20H16BrI2N3O4/c1-10(2)19-25-16-4-3-12(21)7-13(16)20(29)26(19)24-8-11-5-14(22)18(15(23)6-11)30-9-17(27)28/h3-8,10H,9H2,1-2H3,(H,27,28). The first-order chi connectivity index (χ1) is 14.2. The van der Waals surface area contributed by atoms with Crippen LogP contribution in [0.3, 0.4) is 0 Å². The average Bonchev–Trinajstić information content (AvgIpc) is 2.66. The molecule has 0 atom stereocenters. The van der Waals surface area contributed by atoms with E-state index in [4.69, 9.17) is 9.84 Å². The van der Waals surface area contributed by atoms with Gasteiger partial charge in [-0.15, -0.1) is 0 Å². The number of benzene rings is 2. The molecule has 0 saturated heterocycles. The fourth-order valence-electron chi connectivity index (χ4n) is 2.70. The van der Waals surface area contributed by atoms with E-state index >= 15 is 0 Å². The molecule has 1 heterocycles. The second-order valence-corrected chi connectivity index (χ2v) is 9.88. The average molecular weight is 696 g/mol. The van der Waals surface area contributed by atoms with Crippen molar-refractivity contribution in [1.82, 2.24) is 9.66 Å². The summed E-state index contributed by atoms with van der Waals surface area (Å²) in [5.41, 5.74) is 1.14. The van der Waals surface area contributed by atoms with E-state index in [0.717, 1.165) is 17.2 Å². The molecule has 0 fully saturated rings. The number of hydrogen-bond donors (Lipinski definition) is 1. The van der Waals surface area contributed by atoms with Crippen LogP contribution in [0.4, 0.5) is 0 Å². The molecule has 10 heteroatoms. The quantitative estimate of drug-likeness (QED) is 0.295. The number of nitrogens with zero attached hydrogens (tertiary/aromatic N) is 3. The molecule has 3 rings (SSSR count). The summed E-state index contributed by atoms with van der Waals surface area (Å²) in [4.78, 5) is 28.5. The minimum Gasteiger partial charge on any atom is -0.480 e. The number of ether oxygens (including phenoxy) is 1. The Kier molecular flexibility index (Phi) is 7.50. The van der Waals surface area contributed by atoms with Gasteiger partial charge >= 0.3 is 5.97 Å². The van der Waals surface area contributed by atoms with Gasteiger partial charge in [0.1, 0.15) is 11.6 Å². The van der Waals surface area contributed by atoms with E-state index in [1.807, 2.05) is 32.0 Å². The fourth-order valence-corrected chi connectivity index (χ4v) is 5.19. The molecule has 156 valence electrons.